The summed E-state index contributed by atoms with van der Waals surface area (Å²) < 4.78 is 15.0. The van der Waals surface area contributed by atoms with E-state index in [9.17, 15) is 14.4 Å². The van der Waals surface area contributed by atoms with Crippen molar-refractivity contribution >= 4 is 17.1 Å². The molecule has 9 nitrogen and oxygen atoms in total. The summed E-state index contributed by atoms with van der Waals surface area (Å²) in [5.41, 5.74) is 0.264. The summed E-state index contributed by atoms with van der Waals surface area (Å²) in [5, 5.41) is 0. The second-order valence-corrected chi connectivity index (χ2v) is 7.87. The van der Waals surface area contributed by atoms with Crippen LogP contribution >= 0.6 is 0 Å². The largest absolute Gasteiger partial charge is 0.494 e. The zero-order valence-corrected chi connectivity index (χ0v) is 18.3. The molecule has 0 fully saturated rings. The van der Waals surface area contributed by atoms with Gasteiger partial charge in [-0.1, -0.05) is 13.8 Å². The lowest BCUT2D eigenvalue weighted by molar-refractivity contribution is 0.0495. The van der Waals surface area contributed by atoms with E-state index < -0.39 is 17.2 Å². The highest BCUT2D eigenvalue weighted by molar-refractivity contribution is 5.89. The molecule has 0 saturated heterocycles. The smallest absolute Gasteiger partial charge is 0.338 e. The lowest BCUT2D eigenvalue weighted by Gasteiger charge is -2.10. The number of benzene rings is 1. The molecule has 0 aliphatic heterocycles. The predicted octanol–water partition coefficient (Wildman–Crippen LogP) is 2.11. The molecule has 3 aromatic rings. The van der Waals surface area contributed by atoms with Crippen LogP contribution in [0.25, 0.3) is 11.2 Å². The van der Waals surface area contributed by atoms with Gasteiger partial charge in [0, 0.05) is 20.6 Å². The number of fused-ring (bicyclic) bond motifs is 1. The molecular weight excluding hydrogens is 400 g/mol. The SMILES string of the molecule is CC(C)CCOc1ccc(C(=O)OCCCn2c(=O)c3c(ncn3C)n(C)c2=O)cc1. The van der Waals surface area contributed by atoms with Gasteiger partial charge in [0.15, 0.2) is 11.2 Å². The third kappa shape index (κ3) is 5.04. The van der Waals surface area contributed by atoms with Crippen molar-refractivity contribution in [1.82, 2.24) is 18.7 Å². The molecule has 166 valence electrons. The zero-order valence-electron chi connectivity index (χ0n) is 18.3. The highest BCUT2D eigenvalue weighted by atomic mass is 16.5. The fourth-order valence-corrected chi connectivity index (χ4v) is 3.16. The van der Waals surface area contributed by atoms with Gasteiger partial charge >= 0.3 is 11.7 Å². The summed E-state index contributed by atoms with van der Waals surface area (Å²) in [7, 11) is 3.28. The minimum atomic E-state index is -0.462. The van der Waals surface area contributed by atoms with Crippen molar-refractivity contribution in [2.45, 2.75) is 33.2 Å². The standard InChI is InChI=1S/C22H28N4O5/c1-15(2)10-13-30-17-8-6-16(7-9-17)21(28)31-12-5-11-26-20(27)18-19(23-14-24(18)3)25(4)22(26)29/h6-9,14-15H,5,10-13H2,1-4H3. The number of carbonyl (C=O) groups excluding carboxylic acids is 1. The van der Waals surface area contributed by atoms with Crippen LogP contribution in [0.4, 0.5) is 0 Å². The fourth-order valence-electron chi connectivity index (χ4n) is 3.16. The van der Waals surface area contributed by atoms with Crippen molar-refractivity contribution < 1.29 is 14.3 Å². The van der Waals surface area contributed by atoms with Crippen LogP contribution in [0.2, 0.25) is 0 Å². The molecule has 1 aromatic carbocycles. The summed E-state index contributed by atoms with van der Waals surface area (Å²) in [4.78, 5) is 41.4. The minimum absolute atomic E-state index is 0.0878. The molecular formula is C22H28N4O5. The third-order valence-electron chi connectivity index (χ3n) is 5.01. The van der Waals surface area contributed by atoms with Crippen LogP contribution in [-0.2, 0) is 25.4 Å². The molecule has 0 radical (unpaired) electrons. The van der Waals surface area contributed by atoms with Crippen LogP contribution in [0.5, 0.6) is 5.75 Å². The van der Waals surface area contributed by atoms with Crippen LogP contribution < -0.4 is 16.0 Å². The first kappa shape index (κ1) is 22.3. The van der Waals surface area contributed by atoms with Gasteiger partial charge in [-0.25, -0.2) is 14.6 Å². The van der Waals surface area contributed by atoms with E-state index >= 15 is 0 Å². The van der Waals surface area contributed by atoms with E-state index in [1.54, 1.807) is 42.9 Å². The number of hydrogen-bond acceptors (Lipinski definition) is 6. The Bertz CT molecular complexity index is 1170. The monoisotopic (exact) mass is 428 g/mol. The second-order valence-electron chi connectivity index (χ2n) is 7.87. The van der Waals surface area contributed by atoms with E-state index in [1.807, 2.05) is 0 Å². The van der Waals surface area contributed by atoms with E-state index in [0.717, 1.165) is 11.0 Å². The topological polar surface area (TPSA) is 97.3 Å². The number of aryl methyl sites for hydroxylation is 2. The van der Waals surface area contributed by atoms with Crippen molar-refractivity contribution in [1.29, 1.82) is 0 Å². The van der Waals surface area contributed by atoms with Crippen molar-refractivity contribution in [2.75, 3.05) is 13.2 Å². The quantitative estimate of drug-likeness (QED) is 0.382. The Kier molecular flexibility index (Phi) is 6.94. The molecule has 0 bridgehead atoms. The normalized spacial score (nSPS) is 11.3. The molecule has 3 rings (SSSR count). The summed E-state index contributed by atoms with van der Waals surface area (Å²) in [6, 6.07) is 6.79. The van der Waals surface area contributed by atoms with Gasteiger partial charge in [-0.3, -0.25) is 13.9 Å². The lowest BCUT2D eigenvalue weighted by atomic mass is 10.1. The molecule has 0 aliphatic rings. The average Bonchev–Trinajstić information content (AvgIpc) is 3.13. The Morgan fingerprint density at radius 1 is 1.10 bits per heavy atom. The Hall–Kier alpha value is -3.36. The molecule has 31 heavy (non-hydrogen) atoms. The molecule has 2 heterocycles. The molecule has 0 saturated carbocycles. The first-order valence-corrected chi connectivity index (χ1v) is 10.3. The summed E-state index contributed by atoms with van der Waals surface area (Å²) >= 11 is 0. The molecule has 0 N–H and O–H groups in total. The molecule has 0 atom stereocenters. The van der Waals surface area contributed by atoms with Crippen molar-refractivity contribution in [3.05, 3.63) is 57.0 Å². The molecule has 0 aliphatic carbocycles. The van der Waals surface area contributed by atoms with E-state index in [4.69, 9.17) is 9.47 Å². The Labute approximate surface area is 179 Å². The first-order valence-electron chi connectivity index (χ1n) is 10.3. The second kappa shape index (κ2) is 9.63. The van der Waals surface area contributed by atoms with Gasteiger partial charge in [-0.05, 0) is 43.0 Å². The Morgan fingerprint density at radius 2 is 1.81 bits per heavy atom. The third-order valence-corrected chi connectivity index (χ3v) is 5.01. The maximum Gasteiger partial charge on any atom is 0.338 e. The fraction of sp³-hybridized carbons (Fsp3) is 0.455. The van der Waals surface area contributed by atoms with Crippen LogP contribution in [0.15, 0.2) is 40.2 Å². The predicted molar refractivity (Wildman–Crippen MR) is 117 cm³/mol. The maximum absolute atomic E-state index is 12.6. The highest BCUT2D eigenvalue weighted by Crippen LogP contribution is 2.14. The summed E-state index contributed by atoms with van der Waals surface area (Å²) in [5.74, 6) is 0.811. The highest BCUT2D eigenvalue weighted by Gasteiger charge is 2.15. The van der Waals surface area contributed by atoms with Gasteiger partial charge in [-0.2, -0.15) is 0 Å². The number of rotatable bonds is 9. The van der Waals surface area contributed by atoms with Gasteiger partial charge in [0.25, 0.3) is 5.56 Å². The van der Waals surface area contributed by atoms with Crippen LogP contribution in [0.3, 0.4) is 0 Å². The van der Waals surface area contributed by atoms with E-state index in [1.165, 1.54) is 10.9 Å². The van der Waals surface area contributed by atoms with Crippen molar-refractivity contribution in [3.63, 3.8) is 0 Å². The number of nitrogens with zero attached hydrogens (tertiary/aromatic N) is 4. The van der Waals surface area contributed by atoms with Crippen molar-refractivity contribution in [2.24, 2.45) is 20.0 Å². The van der Waals surface area contributed by atoms with Gasteiger partial charge < -0.3 is 14.0 Å². The number of imidazole rings is 1. The van der Waals surface area contributed by atoms with E-state index in [2.05, 4.69) is 18.8 Å². The Balaban J connectivity index is 1.55. The van der Waals surface area contributed by atoms with E-state index in [0.29, 0.717) is 41.4 Å². The van der Waals surface area contributed by atoms with E-state index in [-0.39, 0.29) is 13.2 Å². The lowest BCUT2D eigenvalue weighted by Crippen LogP contribution is -2.39. The molecule has 0 spiro atoms. The summed E-state index contributed by atoms with van der Waals surface area (Å²) in [6.07, 6.45) is 2.79. The summed E-state index contributed by atoms with van der Waals surface area (Å²) in [6.45, 7) is 5.12. The average molecular weight is 428 g/mol. The molecule has 9 heteroatoms. The van der Waals surface area contributed by atoms with Gasteiger partial charge in [-0.15, -0.1) is 0 Å². The van der Waals surface area contributed by atoms with Crippen LogP contribution in [0.1, 0.15) is 37.0 Å². The van der Waals surface area contributed by atoms with Gasteiger partial charge in [0.05, 0.1) is 25.1 Å². The molecule has 0 unspecified atom stereocenters. The van der Waals surface area contributed by atoms with Crippen LogP contribution in [0, 0.1) is 5.92 Å². The maximum atomic E-state index is 12.6. The van der Waals surface area contributed by atoms with Crippen LogP contribution in [-0.4, -0.2) is 37.9 Å². The first-order chi connectivity index (χ1) is 14.8. The van der Waals surface area contributed by atoms with Crippen molar-refractivity contribution in [3.8, 4) is 5.75 Å². The molecule has 2 aromatic heterocycles. The number of aromatic nitrogens is 4. The minimum Gasteiger partial charge on any atom is -0.494 e. The molecule has 0 amide bonds. The number of esters is 1. The van der Waals surface area contributed by atoms with Gasteiger partial charge in [0.1, 0.15) is 5.75 Å². The number of hydrogen-bond donors (Lipinski definition) is 0. The number of carbonyl (C=O) groups is 1. The Morgan fingerprint density at radius 3 is 2.48 bits per heavy atom. The van der Waals surface area contributed by atoms with Gasteiger partial charge in [0.2, 0.25) is 0 Å². The zero-order chi connectivity index (χ0) is 22.5. The number of ether oxygens (including phenoxy) is 2.